The highest BCUT2D eigenvalue weighted by Crippen LogP contribution is 2.22. The maximum atomic E-state index is 11.6. The third-order valence-electron chi connectivity index (χ3n) is 2.27. The third kappa shape index (κ3) is 3.25. The van der Waals surface area contributed by atoms with E-state index in [4.69, 9.17) is 20.8 Å². The molecule has 3 nitrogen and oxygen atoms in total. The van der Waals surface area contributed by atoms with E-state index in [0.717, 1.165) is 5.56 Å². The number of carbonyl (C=O) groups is 1. The second kappa shape index (κ2) is 5.56. The summed E-state index contributed by atoms with van der Waals surface area (Å²) in [7, 11) is 0. The van der Waals surface area contributed by atoms with Gasteiger partial charge in [-0.15, -0.1) is 0 Å². The Hall–Kier alpha value is -2.00. The average molecular weight is 263 g/mol. The Balaban J connectivity index is 2.03. The lowest BCUT2D eigenvalue weighted by molar-refractivity contribution is -0.128. The van der Waals surface area contributed by atoms with Gasteiger partial charge in [0.15, 0.2) is 0 Å². The fourth-order valence-electron chi connectivity index (χ4n) is 1.41. The second-order valence-corrected chi connectivity index (χ2v) is 4.12. The summed E-state index contributed by atoms with van der Waals surface area (Å²) in [5.74, 6) is 0.630. The van der Waals surface area contributed by atoms with Gasteiger partial charge in [-0.3, -0.25) is 0 Å². The van der Waals surface area contributed by atoms with E-state index in [0.29, 0.717) is 16.5 Å². The predicted molar refractivity (Wildman–Crippen MR) is 69.6 cm³/mol. The van der Waals surface area contributed by atoms with Gasteiger partial charge in [-0.2, -0.15) is 0 Å². The van der Waals surface area contributed by atoms with Crippen LogP contribution in [0.4, 0.5) is 0 Å². The molecule has 0 N–H and O–H groups in total. The van der Waals surface area contributed by atoms with Gasteiger partial charge in [0.05, 0.1) is 6.26 Å². The van der Waals surface area contributed by atoms with Crippen LogP contribution in [0.3, 0.4) is 0 Å². The minimum atomic E-state index is -0.461. The number of rotatable bonds is 3. The third-order valence-corrected chi connectivity index (χ3v) is 2.51. The Morgan fingerprint density at radius 1 is 1.39 bits per heavy atom. The molecular formula is C14H11ClO3. The Morgan fingerprint density at radius 3 is 2.89 bits per heavy atom. The molecule has 2 aromatic rings. The zero-order chi connectivity index (χ0) is 13.0. The average Bonchev–Trinajstić information content (AvgIpc) is 2.83. The van der Waals surface area contributed by atoms with Crippen LogP contribution in [0, 0.1) is 6.92 Å². The maximum Gasteiger partial charge on any atom is 0.336 e. The van der Waals surface area contributed by atoms with Gasteiger partial charge in [0.1, 0.15) is 11.5 Å². The van der Waals surface area contributed by atoms with Crippen molar-refractivity contribution in [3.05, 3.63) is 59.0 Å². The molecular weight excluding hydrogens is 252 g/mol. The van der Waals surface area contributed by atoms with Gasteiger partial charge in [-0.25, -0.2) is 4.79 Å². The molecule has 2 rings (SSSR count). The summed E-state index contributed by atoms with van der Waals surface area (Å²) in [4.78, 5) is 11.6. The first kappa shape index (κ1) is 12.5. The number of esters is 1. The number of ether oxygens (including phenoxy) is 1. The maximum absolute atomic E-state index is 11.6. The molecule has 0 spiro atoms. The summed E-state index contributed by atoms with van der Waals surface area (Å²) in [5.41, 5.74) is 0.808. The van der Waals surface area contributed by atoms with Crippen LogP contribution >= 0.6 is 11.6 Å². The first-order valence-electron chi connectivity index (χ1n) is 5.35. The number of hydrogen-bond donors (Lipinski definition) is 0. The lowest BCUT2D eigenvalue weighted by Crippen LogP contribution is -2.04. The molecule has 0 aliphatic carbocycles. The second-order valence-electron chi connectivity index (χ2n) is 3.68. The highest BCUT2D eigenvalue weighted by atomic mass is 35.5. The van der Waals surface area contributed by atoms with Crippen molar-refractivity contribution in [2.75, 3.05) is 0 Å². The van der Waals surface area contributed by atoms with Crippen molar-refractivity contribution < 1.29 is 13.9 Å². The minimum Gasteiger partial charge on any atom is -0.465 e. The smallest absolute Gasteiger partial charge is 0.336 e. The molecule has 0 bridgehead atoms. The molecule has 0 saturated carbocycles. The Labute approximate surface area is 110 Å². The lowest BCUT2D eigenvalue weighted by atomic mass is 10.2. The van der Waals surface area contributed by atoms with Crippen LogP contribution in [0.5, 0.6) is 5.75 Å². The van der Waals surface area contributed by atoms with Gasteiger partial charge >= 0.3 is 5.97 Å². The Kier molecular flexibility index (Phi) is 3.85. The molecule has 0 unspecified atom stereocenters. The number of furan rings is 1. The summed E-state index contributed by atoms with van der Waals surface area (Å²) in [6.07, 6.45) is 4.40. The van der Waals surface area contributed by atoms with Gasteiger partial charge in [0, 0.05) is 11.1 Å². The molecule has 92 valence electrons. The van der Waals surface area contributed by atoms with Gasteiger partial charge in [-0.05, 0) is 48.9 Å². The molecule has 0 aliphatic rings. The van der Waals surface area contributed by atoms with E-state index >= 15 is 0 Å². The van der Waals surface area contributed by atoms with Crippen LogP contribution < -0.4 is 4.74 Å². The van der Waals surface area contributed by atoms with E-state index in [9.17, 15) is 4.79 Å². The zero-order valence-electron chi connectivity index (χ0n) is 9.72. The lowest BCUT2D eigenvalue weighted by Gasteiger charge is -2.04. The van der Waals surface area contributed by atoms with Crippen LogP contribution in [0.25, 0.3) is 6.08 Å². The van der Waals surface area contributed by atoms with Crippen molar-refractivity contribution in [1.29, 1.82) is 0 Å². The molecule has 0 radical (unpaired) electrons. The summed E-state index contributed by atoms with van der Waals surface area (Å²) < 4.78 is 10.2. The van der Waals surface area contributed by atoms with E-state index < -0.39 is 5.97 Å². The minimum absolute atomic E-state index is 0.461. The van der Waals surface area contributed by atoms with E-state index in [1.54, 1.807) is 36.4 Å². The van der Waals surface area contributed by atoms with Crippen LogP contribution in [0.15, 0.2) is 47.1 Å². The van der Waals surface area contributed by atoms with Gasteiger partial charge < -0.3 is 9.15 Å². The Morgan fingerprint density at radius 2 is 2.22 bits per heavy atom. The van der Waals surface area contributed by atoms with E-state index in [1.165, 1.54) is 12.3 Å². The molecule has 0 saturated heterocycles. The number of carbonyl (C=O) groups excluding carboxylic acids is 1. The topological polar surface area (TPSA) is 39.4 Å². The van der Waals surface area contributed by atoms with E-state index in [2.05, 4.69) is 0 Å². The number of hydrogen-bond acceptors (Lipinski definition) is 3. The van der Waals surface area contributed by atoms with E-state index in [-0.39, 0.29) is 0 Å². The molecule has 1 aromatic carbocycles. The first-order chi connectivity index (χ1) is 8.65. The van der Waals surface area contributed by atoms with E-state index in [1.807, 2.05) is 6.92 Å². The Bertz CT molecular complexity index is 571. The molecule has 0 atom stereocenters. The molecule has 1 aromatic heterocycles. The van der Waals surface area contributed by atoms with Crippen LogP contribution in [0.1, 0.15) is 11.3 Å². The largest absolute Gasteiger partial charge is 0.465 e. The van der Waals surface area contributed by atoms with Crippen molar-refractivity contribution >= 4 is 23.6 Å². The molecule has 4 heteroatoms. The molecule has 18 heavy (non-hydrogen) atoms. The van der Waals surface area contributed by atoms with Crippen molar-refractivity contribution in [3.8, 4) is 5.75 Å². The highest BCUT2D eigenvalue weighted by molar-refractivity contribution is 6.30. The van der Waals surface area contributed by atoms with Crippen molar-refractivity contribution in [1.82, 2.24) is 0 Å². The summed E-state index contributed by atoms with van der Waals surface area (Å²) in [6.45, 7) is 1.82. The number of benzene rings is 1. The van der Waals surface area contributed by atoms with Gasteiger partial charge in [-0.1, -0.05) is 11.6 Å². The monoisotopic (exact) mass is 262 g/mol. The van der Waals surface area contributed by atoms with Crippen LogP contribution in [-0.4, -0.2) is 5.97 Å². The molecule has 0 amide bonds. The molecule has 0 aliphatic heterocycles. The van der Waals surface area contributed by atoms with Crippen LogP contribution in [-0.2, 0) is 4.79 Å². The standard InChI is InChI=1S/C14H11ClO3/c1-10-9-11(15)4-6-13(10)18-14(16)7-5-12-3-2-8-17-12/h2-9H,1H3/b7-5+. The number of aryl methyl sites for hydroxylation is 1. The fraction of sp³-hybridized carbons (Fsp3) is 0.0714. The summed E-state index contributed by atoms with van der Waals surface area (Å²) in [5, 5.41) is 0.610. The summed E-state index contributed by atoms with van der Waals surface area (Å²) >= 11 is 5.82. The molecule has 0 fully saturated rings. The van der Waals surface area contributed by atoms with Crippen molar-refractivity contribution in [2.45, 2.75) is 6.92 Å². The quantitative estimate of drug-likeness (QED) is 0.479. The first-order valence-corrected chi connectivity index (χ1v) is 5.72. The molecule has 1 heterocycles. The normalized spacial score (nSPS) is 10.8. The van der Waals surface area contributed by atoms with Crippen molar-refractivity contribution in [2.24, 2.45) is 0 Å². The fourth-order valence-corrected chi connectivity index (χ4v) is 1.63. The zero-order valence-corrected chi connectivity index (χ0v) is 10.5. The SMILES string of the molecule is Cc1cc(Cl)ccc1OC(=O)/C=C/c1ccco1. The summed E-state index contributed by atoms with van der Waals surface area (Å²) in [6, 6.07) is 8.57. The van der Waals surface area contributed by atoms with Crippen LogP contribution in [0.2, 0.25) is 5.02 Å². The van der Waals surface area contributed by atoms with Gasteiger partial charge in [0.2, 0.25) is 0 Å². The highest BCUT2D eigenvalue weighted by Gasteiger charge is 2.04. The van der Waals surface area contributed by atoms with Gasteiger partial charge in [0.25, 0.3) is 0 Å². The predicted octanol–water partition coefficient (Wildman–Crippen LogP) is 3.86. The van der Waals surface area contributed by atoms with Crippen molar-refractivity contribution in [3.63, 3.8) is 0 Å². The number of halogens is 1.